The van der Waals surface area contributed by atoms with Gasteiger partial charge < -0.3 is 9.84 Å². The molecule has 0 bridgehead atoms. The van der Waals surface area contributed by atoms with Gasteiger partial charge in [-0.25, -0.2) is 4.79 Å². The molecule has 0 aliphatic heterocycles. The van der Waals surface area contributed by atoms with Crippen molar-refractivity contribution in [2.45, 2.75) is 6.61 Å². The van der Waals surface area contributed by atoms with Crippen LogP contribution >= 0.6 is 35.6 Å². The summed E-state index contributed by atoms with van der Waals surface area (Å²) in [4.78, 5) is 10.1. The average molecular weight is 258 g/mol. The first-order chi connectivity index (χ1) is 6.11. The molecule has 0 radical (unpaired) electrons. The number of carboxylic acid groups (broad SMARTS) is 1. The lowest BCUT2D eigenvalue weighted by Gasteiger charge is -2.05. The summed E-state index contributed by atoms with van der Waals surface area (Å²) in [5.41, 5.74) is 0.480. The van der Waals surface area contributed by atoms with E-state index in [1.54, 1.807) is 18.2 Å². The molecule has 3 nitrogen and oxygen atoms in total. The maximum absolute atomic E-state index is 10.1. The van der Waals surface area contributed by atoms with Crippen LogP contribution in [0.3, 0.4) is 0 Å². The Hall–Kier alpha value is -0.640. The molecule has 1 aromatic rings. The van der Waals surface area contributed by atoms with E-state index in [0.717, 1.165) is 0 Å². The van der Waals surface area contributed by atoms with Gasteiger partial charge in [-0.3, -0.25) is 0 Å². The lowest BCUT2D eigenvalue weighted by molar-refractivity contribution is 0.0854. The largest absolute Gasteiger partial charge is 0.506 e. The highest BCUT2D eigenvalue weighted by atomic mass is 35.5. The van der Waals surface area contributed by atoms with Crippen molar-refractivity contribution in [3.63, 3.8) is 0 Å². The molecule has 0 fully saturated rings. The standard InChI is InChI=1S/C8H6Cl2O3.ClH/c9-6-2-1-3-7(10)5(6)4-13-8(11)12;/h1-3H,4H2,(H,11,12);1H. The van der Waals surface area contributed by atoms with Gasteiger partial charge in [-0.05, 0) is 12.1 Å². The Morgan fingerprint density at radius 2 is 1.86 bits per heavy atom. The number of hydrogen-bond acceptors (Lipinski definition) is 2. The third-order valence-electron chi connectivity index (χ3n) is 1.40. The van der Waals surface area contributed by atoms with Crippen LogP contribution in [-0.4, -0.2) is 11.3 Å². The van der Waals surface area contributed by atoms with Gasteiger partial charge in [-0.2, -0.15) is 0 Å². The summed E-state index contributed by atoms with van der Waals surface area (Å²) >= 11 is 11.5. The first-order valence-corrected chi connectivity index (χ1v) is 4.15. The van der Waals surface area contributed by atoms with Crippen molar-refractivity contribution in [3.8, 4) is 0 Å². The molecule has 1 rings (SSSR count). The zero-order valence-electron chi connectivity index (χ0n) is 6.87. The van der Waals surface area contributed by atoms with Crippen LogP contribution in [0.5, 0.6) is 0 Å². The second kappa shape index (κ2) is 5.96. The van der Waals surface area contributed by atoms with Gasteiger partial charge >= 0.3 is 6.16 Å². The fourth-order valence-electron chi connectivity index (χ4n) is 0.804. The van der Waals surface area contributed by atoms with Crippen molar-refractivity contribution in [2.75, 3.05) is 0 Å². The molecular weight excluding hydrogens is 250 g/mol. The quantitative estimate of drug-likeness (QED) is 0.823. The molecular formula is C8H7Cl3O3. The van der Waals surface area contributed by atoms with E-state index in [1.807, 2.05) is 0 Å². The minimum Gasteiger partial charge on any atom is -0.450 e. The zero-order valence-corrected chi connectivity index (χ0v) is 9.20. The molecule has 0 amide bonds. The van der Waals surface area contributed by atoms with Crippen molar-refractivity contribution >= 4 is 41.8 Å². The van der Waals surface area contributed by atoms with Gasteiger partial charge in [-0.15, -0.1) is 12.4 Å². The van der Waals surface area contributed by atoms with Crippen LogP contribution in [0.4, 0.5) is 4.79 Å². The molecule has 0 aliphatic rings. The minimum atomic E-state index is -1.35. The first-order valence-electron chi connectivity index (χ1n) is 3.40. The van der Waals surface area contributed by atoms with E-state index in [1.165, 1.54) is 0 Å². The van der Waals surface area contributed by atoms with E-state index in [4.69, 9.17) is 28.3 Å². The smallest absolute Gasteiger partial charge is 0.450 e. The average Bonchev–Trinajstić information content (AvgIpc) is 2.03. The highest BCUT2D eigenvalue weighted by molar-refractivity contribution is 6.35. The number of halogens is 3. The topological polar surface area (TPSA) is 46.5 Å². The van der Waals surface area contributed by atoms with Crippen LogP contribution in [0.25, 0.3) is 0 Å². The molecule has 0 spiro atoms. The predicted octanol–water partition coefficient (Wildman–Crippen LogP) is 3.61. The number of ether oxygens (including phenoxy) is 1. The predicted molar refractivity (Wildman–Crippen MR) is 56.5 cm³/mol. The Kier molecular flexibility index (Phi) is 5.69. The number of rotatable bonds is 2. The molecule has 0 saturated heterocycles. The summed E-state index contributed by atoms with van der Waals surface area (Å²) in [6.07, 6.45) is -1.35. The summed E-state index contributed by atoms with van der Waals surface area (Å²) < 4.78 is 4.34. The molecule has 0 saturated carbocycles. The first kappa shape index (κ1) is 13.4. The zero-order chi connectivity index (χ0) is 9.84. The lowest BCUT2D eigenvalue weighted by Crippen LogP contribution is -2.01. The van der Waals surface area contributed by atoms with Crippen molar-refractivity contribution in [1.82, 2.24) is 0 Å². The minimum absolute atomic E-state index is 0. The highest BCUT2D eigenvalue weighted by Gasteiger charge is 2.07. The fourth-order valence-corrected chi connectivity index (χ4v) is 1.31. The monoisotopic (exact) mass is 256 g/mol. The van der Waals surface area contributed by atoms with E-state index in [0.29, 0.717) is 15.6 Å². The second-order valence-corrected chi connectivity index (χ2v) is 3.07. The Morgan fingerprint density at radius 1 is 1.36 bits per heavy atom. The van der Waals surface area contributed by atoms with Crippen molar-refractivity contribution < 1.29 is 14.6 Å². The maximum atomic E-state index is 10.1. The summed E-state index contributed by atoms with van der Waals surface area (Å²) in [6, 6.07) is 4.91. The highest BCUT2D eigenvalue weighted by Crippen LogP contribution is 2.24. The van der Waals surface area contributed by atoms with Crippen LogP contribution in [0.15, 0.2) is 18.2 Å². The summed E-state index contributed by atoms with van der Waals surface area (Å²) in [7, 11) is 0. The molecule has 1 N–H and O–H groups in total. The van der Waals surface area contributed by atoms with Crippen molar-refractivity contribution in [3.05, 3.63) is 33.8 Å². The van der Waals surface area contributed by atoms with E-state index < -0.39 is 6.16 Å². The Bertz CT molecular complexity index is 307. The maximum Gasteiger partial charge on any atom is 0.506 e. The summed E-state index contributed by atoms with van der Waals surface area (Å²) in [5, 5.41) is 9.04. The molecule has 1 aromatic carbocycles. The Labute approximate surface area is 97.0 Å². The molecule has 0 aromatic heterocycles. The number of benzene rings is 1. The third kappa shape index (κ3) is 3.62. The second-order valence-electron chi connectivity index (χ2n) is 2.25. The van der Waals surface area contributed by atoms with Gasteiger partial charge in [-0.1, -0.05) is 29.3 Å². The number of hydrogen-bond donors (Lipinski definition) is 1. The van der Waals surface area contributed by atoms with Crippen LogP contribution in [0.2, 0.25) is 10.0 Å². The Morgan fingerprint density at radius 3 is 2.29 bits per heavy atom. The van der Waals surface area contributed by atoms with Crippen molar-refractivity contribution in [1.29, 1.82) is 0 Å². The van der Waals surface area contributed by atoms with Gasteiger partial charge in [0.2, 0.25) is 0 Å². The Balaban J connectivity index is 0.00000169. The van der Waals surface area contributed by atoms with Crippen molar-refractivity contribution in [2.24, 2.45) is 0 Å². The summed E-state index contributed by atoms with van der Waals surface area (Å²) in [6.45, 7) is -0.131. The van der Waals surface area contributed by atoms with Crippen LogP contribution < -0.4 is 0 Å². The molecule has 0 heterocycles. The third-order valence-corrected chi connectivity index (χ3v) is 2.11. The van der Waals surface area contributed by atoms with E-state index in [9.17, 15) is 4.79 Å². The molecule has 0 unspecified atom stereocenters. The fraction of sp³-hybridized carbons (Fsp3) is 0.125. The van der Waals surface area contributed by atoms with Gasteiger partial charge in [0.05, 0.1) is 0 Å². The molecule has 6 heteroatoms. The van der Waals surface area contributed by atoms with Crippen LogP contribution in [0.1, 0.15) is 5.56 Å². The lowest BCUT2D eigenvalue weighted by atomic mass is 10.2. The normalized spacial score (nSPS) is 9.00. The molecule has 0 atom stereocenters. The van der Waals surface area contributed by atoms with E-state index >= 15 is 0 Å². The van der Waals surface area contributed by atoms with Gasteiger partial charge in [0.1, 0.15) is 6.61 Å². The summed E-state index contributed by atoms with van der Waals surface area (Å²) in [5.74, 6) is 0. The molecule has 14 heavy (non-hydrogen) atoms. The molecule has 0 aliphatic carbocycles. The van der Waals surface area contributed by atoms with Gasteiger partial charge in [0.15, 0.2) is 0 Å². The van der Waals surface area contributed by atoms with Gasteiger partial charge in [0, 0.05) is 15.6 Å². The van der Waals surface area contributed by atoms with Crippen LogP contribution in [0, 0.1) is 0 Å². The van der Waals surface area contributed by atoms with E-state index in [-0.39, 0.29) is 19.0 Å². The SMILES string of the molecule is Cl.O=C(O)OCc1c(Cl)cccc1Cl. The van der Waals surface area contributed by atoms with Crippen LogP contribution in [-0.2, 0) is 11.3 Å². The molecule has 78 valence electrons. The van der Waals surface area contributed by atoms with Gasteiger partial charge in [0.25, 0.3) is 0 Å². The van der Waals surface area contributed by atoms with E-state index in [2.05, 4.69) is 4.74 Å². The number of carbonyl (C=O) groups is 1.